The number of para-hydroxylation sites is 1. The quantitative estimate of drug-likeness (QED) is 0.553. The normalized spacial score (nSPS) is 23.2. The van der Waals surface area contributed by atoms with Crippen molar-refractivity contribution in [2.24, 2.45) is 5.92 Å². The van der Waals surface area contributed by atoms with Crippen molar-refractivity contribution in [1.82, 2.24) is 20.5 Å². The van der Waals surface area contributed by atoms with E-state index in [0.29, 0.717) is 6.54 Å². The van der Waals surface area contributed by atoms with Crippen LogP contribution >= 0.6 is 0 Å². The van der Waals surface area contributed by atoms with Gasteiger partial charge in [0.1, 0.15) is 0 Å². The first-order valence-corrected chi connectivity index (χ1v) is 12.3. The van der Waals surface area contributed by atoms with Crippen LogP contribution in [-0.4, -0.2) is 46.1 Å². The lowest BCUT2D eigenvalue weighted by molar-refractivity contribution is -0.140. The van der Waals surface area contributed by atoms with E-state index in [1.807, 2.05) is 30.3 Å². The highest BCUT2D eigenvalue weighted by Gasteiger charge is 2.37. The number of carbonyl (C=O) groups excluding carboxylic acids is 1. The number of dihydropyridines is 1. The Morgan fingerprint density at radius 1 is 1.26 bits per heavy atom. The second-order valence-electron chi connectivity index (χ2n) is 9.55. The number of nitrogens with one attached hydrogen (secondary N) is 2. The number of allylic oxidation sites excluding steroid dienone is 3. The van der Waals surface area contributed by atoms with E-state index in [2.05, 4.69) is 27.8 Å². The maximum absolute atomic E-state index is 13.3. The van der Waals surface area contributed by atoms with Gasteiger partial charge in [-0.05, 0) is 74.4 Å². The number of benzene rings is 1. The van der Waals surface area contributed by atoms with Crippen LogP contribution in [0.15, 0.2) is 60.0 Å². The number of carbonyl (C=O) groups is 2. The second-order valence-corrected chi connectivity index (χ2v) is 9.55. The number of hydrogen-bond acceptors (Lipinski definition) is 5. The molecule has 178 valence electrons. The molecule has 2 saturated heterocycles. The number of hydrogen-bond donors (Lipinski definition) is 3. The minimum absolute atomic E-state index is 0.0483. The number of piperidine rings is 1. The van der Waals surface area contributed by atoms with E-state index in [9.17, 15) is 14.7 Å². The molecule has 3 N–H and O–H groups in total. The third kappa shape index (κ3) is 4.85. The first-order chi connectivity index (χ1) is 16.6. The van der Waals surface area contributed by atoms with Crippen LogP contribution in [0.1, 0.15) is 56.6 Å². The Morgan fingerprint density at radius 2 is 2.15 bits per heavy atom. The second kappa shape index (κ2) is 9.97. The van der Waals surface area contributed by atoms with Gasteiger partial charge in [0.2, 0.25) is 5.91 Å². The van der Waals surface area contributed by atoms with Crippen molar-refractivity contribution in [3.63, 3.8) is 0 Å². The summed E-state index contributed by atoms with van der Waals surface area (Å²) in [6.07, 6.45) is 12.0. The van der Waals surface area contributed by atoms with Gasteiger partial charge < -0.3 is 15.3 Å². The van der Waals surface area contributed by atoms with Crippen molar-refractivity contribution in [2.45, 2.75) is 57.2 Å². The molecule has 7 nitrogen and oxygen atoms in total. The molecule has 34 heavy (non-hydrogen) atoms. The topological polar surface area (TPSA) is 94.6 Å². The lowest BCUT2D eigenvalue weighted by atomic mass is 9.96. The first kappa shape index (κ1) is 22.6. The smallest absolute Gasteiger partial charge is 0.305 e. The van der Waals surface area contributed by atoms with E-state index in [1.54, 1.807) is 11.1 Å². The molecule has 0 bridgehead atoms. The third-order valence-electron chi connectivity index (χ3n) is 7.28. The molecule has 7 heteroatoms. The number of carboxylic acid groups (broad SMARTS) is 1. The first-order valence-electron chi connectivity index (χ1n) is 12.3. The molecule has 4 heterocycles. The van der Waals surface area contributed by atoms with E-state index in [-0.39, 0.29) is 24.4 Å². The summed E-state index contributed by atoms with van der Waals surface area (Å²) < 4.78 is 0. The van der Waals surface area contributed by atoms with Crippen molar-refractivity contribution in [2.75, 3.05) is 13.1 Å². The van der Waals surface area contributed by atoms with E-state index in [0.717, 1.165) is 55.1 Å². The Balaban J connectivity index is 1.22. The molecule has 1 aromatic heterocycles. The molecule has 0 aliphatic carbocycles. The van der Waals surface area contributed by atoms with Crippen molar-refractivity contribution in [1.29, 1.82) is 0 Å². The van der Waals surface area contributed by atoms with Crippen LogP contribution in [0.2, 0.25) is 0 Å². The fraction of sp³-hybridized carbons (Fsp3) is 0.444. The summed E-state index contributed by atoms with van der Waals surface area (Å²) in [4.78, 5) is 31.2. The van der Waals surface area contributed by atoms with Gasteiger partial charge in [0.25, 0.3) is 0 Å². The zero-order chi connectivity index (χ0) is 23.5. The van der Waals surface area contributed by atoms with Gasteiger partial charge in [0, 0.05) is 29.7 Å². The molecule has 1 amide bonds. The molecule has 2 aromatic rings. The molecule has 2 fully saturated rings. The molecule has 3 aliphatic heterocycles. The molecule has 5 rings (SSSR count). The summed E-state index contributed by atoms with van der Waals surface area (Å²) in [7, 11) is 0. The molecule has 0 radical (unpaired) electrons. The van der Waals surface area contributed by atoms with Gasteiger partial charge in [-0.1, -0.05) is 24.3 Å². The van der Waals surface area contributed by atoms with E-state index in [1.165, 1.54) is 17.7 Å². The minimum Gasteiger partial charge on any atom is -0.481 e. The third-order valence-corrected chi connectivity index (χ3v) is 7.28. The highest BCUT2D eigenvalue weighted by Crippen LogP contribution is 2.34. The van der Waals surface area contributed by atoms with Gasteiger partial charge in [-0.3, -0.25) is 19.9 Å². The Labute approximate surface area is 199 Å². The van der Waals surface area contributed by atoms with Crippen LogP contribution in [-0.2, 0) is 9.59 Å². The molecule has 3 atom stereocenters. The van der Waals surface area contributed by atoms with Gasteiger partial charge in [-0.25, -0.2) is 0 Å². The van der Waals surface area contributed by atoms with Gasteiger partial charge in [0.05, 0.1) is 24.1 Å². The van der Waals surface area contributed by atoms with Gasteiger partial charge in [0.15, 0.2) is 0 Å². The Morgan fingerprint density at radius 3 is 3.03 bits per heavy atom. The Kier molecular flexibility index (Phi) is 6.63. The van der Waals surface area contributed by atoms with Crippen LogP contribution in [0.5, 0.6) is 0 Å². The summed E-state index contributed by atoms with van der Waals surface area (Å²) in [5.41, 5.74) is 4.29. The number of aliphatic carboxylic acids is 1. The van der Waals surface area contributed by atoms with Gasteiger partial charge >= 0.3 is 5.97 Å². The lowest BCUT2D eigenvalue weighted by Gasteiger charge is -2.32. The molecule has 1 aromatic carbocycles. The minimum atomic E-state index is -0.909. The maximum atomic E-state index is 13.3. The van der Waals surface area contributed by atoms with E-state index >= 15 is 0 Å². The average molecular weight is 461 g/mol. The van der Waals surface area contributed by atoms with Gasteiger partial charge in [-0.15, -0.1) is 0 Å². The summed E-state index contributed by atoms with van der Waals surface area (Å²) in [5, 5.41) is 17.6. The predicted molar refractivity (Wildman–Crippen MR) is 131 cm³/mol. The predicted octanol–water partition coefficient (Wildman–Crippen LogP) is 3.89. The highest BCUT2D eigenvalue weighted by atomic mass is 16.4. The van der Waals surface area contributed by atoms with Crippen LogP contribution < -0.4 is 10.6 Å². The Bertz CT molecular complexity index is 1140. The van der Waals surface area contributed by atoms with Crippen molar-refractivity contribution >= 4 is 22.8 Å². The standard InChI is InChI=1S/C27H32N4O3/c32-25(33)16-24(21-15-20-5-1-2-9-23(20)29-17-21)31-14-12-19(27(31)34)6-3-8-22-11-10-18-7-4-13-28-26(18)30-22/h1-2,5,9-11,15,17,19,24,26,28,30H,3-4,6-8,12-14,16H2,(H,32,33)/t19-,24-,26?/m0/s1. The van der Waals surface area contributed by atoms with Crippen molar-refractivity contribution < 1.29 is 14.7 Å². The monoisotopic (exact) mass is 460 g/mol. The summed E-state index contributed by atoms with van der Waals surface area (Å²) in [6, 6.07) is 9.24. The number of likely N-dealkylation sites (tertiary alicyclic amines) is 1. The summed E-state index contributed by atoms with van der Waals surface area (Å²) in [5.74, 6) is -0.887. The number of nitrogens with zero attached hydrogens (tertiary/aromatic N) is 2. The summed E-state index contributed by atoms with van der Waals surface area (Å²) >= 11 is 0. The average Bonchev–Trinajstić information content (AvgIpc) is 3.22. The van der Waals surface area contributed by atoms with Crippen LogP contribution in [0.4, 0.5) is 0 Å². The zero-order valence-electron chi connectivity index (χ0n) is 19.4. The SMILES string of the molecule is O=C(O)C[C@@H](c1cnc2ccccc2c1)N1CC[C@H](CCCC2=CC=C3CCCNC3N2)C1=O. The molecular weight excluding hydrogens is 428 g/mol. The number of amides is 1. The number of aromatic nitrogens is 1. The lowest BCUT2D eigenvalue weighted by Crippen LogP contribution is -2.47. The van der Waals surface area contributed by atoms with E-state index in [4.69, 9.17) is 0 Å². The van der Waals surface area contributed by atoms with Crippen LogP contribution in [0.3, 0.4) is 0 Å². The Hall–Kier alpha value is -3.19. The van der Waals surface area contributed by atoms with Crippen molar-refractivity contribution in [3.8, 4) is 0 Å². The van der Waals surface area contributed by atoms with Crippen LogP contribution in [0.25, 0.3) is 10.9 Å². The molecule has 0 spiro atoms. The number of pyridine rings is 1. The molecule has 1 unspecified atom stereocenters. The van der Waals surface area contributed by atoms with Crippen molar-refractivity contribution in [3.05, 3.63) is 65.5 Å². The number of fused-ring (bicyclic) bond motifs is 2. The van der Waals surface area contributed by atoms with Crippen LogP contribution in [0, 0.1) is 5.92 Å². The number of carboxylic acids is 1. The molecule has 0 saturated carbocycles. The number of rotatable bonds is 8. The molecular formula is C27H32N4O3. The maximum Gasteiger partial charge on any atom is 0.305 e. The summed E-state index contributed by atoms with van der Waals surface area (Å²) in [6.45, 7) is 1.63. The van der Waals surface area contributed by atoms with Gasteiger partial charge in [-0.2, -0.15) is 0 Å². The fourth-order valence-corrected chi connectivity index (χ4v) is 5.46. The fourth-order valence-electron chi connectivity index (χ4n) is 5.46. The van der Waals surface area contributed by atoms with E-state index < -0.39 is 12.0 Å². The largest absolute Gasteiger partial charge is 0.481 e. The zero-order valence-corrected chi connectivity index (χ0v) is 19.4. The molecule has 3 aliphatic rings. The highest BCUT2D eigenvalue weighted by molar-refractivity contribution is 5.83.